The van der Waals surface area contributed by atoms with E-state index in [0.717, 1.165) is 27.2 Å². The standard InChI is InChI=1S/C22H25BrN4O2/c1-26(14-17-13-18(23)9-10-19(17)29-3)15-20(28)25-21(16-7-5-4-6-8-16)22-24-11-12-27(22)2/h4-13,21H,14-15H2,1-3H3,(H,25,28)/t21-/m0/s1. The van der Waals surface area contributed by atoms with Crippen LogP contribution in [0.5, 0.6) is 5.75 Å². The van der Waals surface area contributed by atoms with Crippen molar-refractivity contribution in [3.05, 3.63) is 82.3 Å². The predicted molar refractivity (Wildman–Crippen MR) is 117 cm³/mol. The fraction of sp³-hybridized carbons (Fsp3) is 0.273. The molecule has 1 aromatic heterocycles. The first-order chi connectivity index (χ1) is 14.0. The molecule has 0 saturated heterocycles. The molecule has 29 heavy (non-hydrogen) atoms. The number of amides is 1. The number of carbonyl (C=O) groups is 1. The minimum atomic E-state index is -0.308. The van der Waals surface area contributed by atoms with Crippen molar-refractivity contribution in [2.75, 3.05) is 20.7 Å². The van der Waals surface area contributed by atoms with E-state index in [2.05, 4.69) is 26.2 Å². The Kier molecular flexibility index (Phi) is 7.06. The number of hydrogen-bond acceptors (Lipinski definition) is 4. The first-order valence-corrected chi connectivity index (χ1v) is 10.1. The van der Waals surface area contributed by atoms with Gasteiger partial charge in [0.2, 0.25) is 5.91 Å². The van der Waals surface area contributed by atoms with Gasteiger partial charge >= 0.3 is 0 Å². The molecule has 152 valence electrons. The van der Waals surface area contributed by atoms with E-state index in [4.69, 9.17) is 4.74 Å². The lowest BCUT2D eigenvalue weighted by atomic mass is 10.1. The van der Waals surface area contributed by atoms with Gasteiger partial charge in [0.1, 0.15) is 17.6 Å². The van der Waals surface area contributed by atoms with Crippen LogP contribution < -0.4 is 10.1 Å². The van der Waals surface area contributed by atoms with Crippen molar-refractivity contribution in [3.63, 3.8) is 0 Å². The van der Waals surface area contributed by atoms with E-state index >= 15 is 0 Å². The smallest absolute Gasteiger partial charge is 0.235 e. The van der Waals surface area contributed by atoms with Crippen LogP contribution >= 0.6 is 15.9 Å². The van der Waals surface area contributed by atoms with Crippen molar-refractivity contribution < 1.29 is 9.53 Å². The van der Waals surface area contributed by atoms with E-state index < -0.39 is 0 Å². The van der Waals surface area contributed by atoms with Crippen LogP contribution in [-0.2, 0) is 18.4 Å². The zero-order chi connectivity index (χ0) is 20.8. The van der Waals surface area contributed by atoms with Gasteiger partial charge in [0, 0.05) is 36.0 Å². The Morgan fingerprint density at radius 1 is 1.28 bits per heavy atom. The number of nitrogens with zero attached hydrogens (tertiary/aromatic N) is 3. The highest BCUT2D eigenvalue weighted by Gasteiger charge is 2.21. The topological polar surface area (TPSA) is 59.4 Å². The fourth-order valence-corrected chi connectivity index (χ4v) is 3.68. The van der Waals surface area contributed by atoms with E-state index in [-0.39, 0.29) is 18.5 Å². The van der Waals surface area contributed by atoms with Gasteiger partial charge in [-0.1, -0.05) is 46.3 Å². The van der Waals surface area contributed by atoms with Crippen LogP contribution in [0.15, 0.2) is 65.4 Å². The minimum Gasteiger partial charge on any atom is -0.496 e. The predicted octanol–water partition coefficient (Wildman–Crippen LogP) is 3.53. The molecular weight excluding hydrogens is 432 g/mol. The molecule has 0 aliphatic heterocycles. The summed E-state index contributed by atoms with van der Waals surface area (Å²) in [6, 6.07) is 15.4. The molecule has 1 N–H and O–H groups in total. The van der Waals surface area contributed by atoms with E-state index in [0.29, 0.717) is 6.54 Å². The average molecular weight is 457 g/mol. The largest absolute Gasteiger partial charge is 0.496 e. The maximum Gasteiger partial charge on any atom is 0.235 e. The second-order valence-corrected chi connectivity index (χ2v) is 7.85. The Labute approximate surface area is 179 Å². The summed E-state index contributed by atoms with van der Waals surface area (Å²) < 4.78 is 8.33. The number of benzene rings is 2. The summed E-state index contributed by atoms with van der Waals surface area (Å²) in [4.78, 5) is 19.2. The molecule has 0 fully saturated rings. The first kappa shape index (κ1) is 21.1. The maximum atomic E-state index is 12.8. The summed E-state index contributed by atoms with van der Waals surface area (Å²) in [5, 5.41) is 3.13. The van der Waals surface area contributed by atoms with Gasteiger partial charge in [-0.15, -0.1) is 0 Å². The number of methoxy groups -OCH3 is 1. The van der Waals surface area contributed by atoms with E-state index in [9.17, 15) is 4.79 Å². The third kappa shape index (κ3) is 5.46. The molecule has 6 nitrogen and oxygen atoms in total. The first-order valence-electron chi connectivity index (χ1n) is 9.30. The second-order valence-electron chi connectivity index (χ2n) is 6.94. The molecule has 2 aromatic carbocycles. The van der Waals surface area contributed by atoms with Crippen molar-refractivity contribution in [2.24, 2.45) is 7.05 Å². The summed E-state index contributed by atoms with van der Waals surface area (Å²) in [7, 11) is 5.49. The maximum absolute atomic E-state index is 12.8. The third-order valence-electron chi connectivity index (χ3n) is 4.65. The van der Waals surface area contributed by atoms with E-state index in [1.165, 1.54) is 0 Å². The number of aryl methyl sites for hydroxylation is 1. The summed E-state index contributed by atoms with van der Waals surface area (Å²) >= 11 is 3.49. The van der Waals surface area contributed by atoms with Crippen LogP contribution in [-0.4, -0.2) is 41.1 Å². The van der Waals surface area contributed by atoms with Crippen LogP contribution in [0.2, 0.25) is 0 Å². The number of likely N-dealkylation sites (N-methyl/N-ethyl adjacent to an activating group) is 1. The molecule has 0 aliphatic rings. The molecule has 0 bridgehead atoms. The number of rotatable bonds is 8. The van der Waals surface area contributed by atoms with Crippen molar-refractivity contribution in [2.45, 2.75) is 12.6 Å². The molecule has 0 aliphatic carbocycles. The third-order valence-corrected chi connectivity index (χ3v) is 5.14. The number of aromatic nitrogens is 2. The highest BCUT2D eigenvalue weighted by molar-refractivity contribution is 9.10. The van der Waals surface area contributed by atoms with Crippen LogP contribution in [0.1, 0.15) is 23.0 Å². The fourth-order valence-electron chi connectivity index (χ4n) is 3.27. The van der Waals surface area contributed by atoms with Crippen molar-refractivity contribution in [1.82, 2.24) is 19.8 Å². The second kappa shape index (κ2) is 9.71. The SMILES string of the molecule is COc1ccc(Br)cc1CN(C)CC(=O)N[C@@H](c1ccccc1)c1nccn1C. The van der Waals surface area contributed by atoms with Gasteiger partial charge in [0.15, 0.2) is 0 Å². The number of carbonyl (C=O) groups excluding carboxylic acids is 1. The molecular formula is C22H25BrN4O2. The summed E-state index contributed by atoms with van der Waals surface area (Å²) in [6.45, 7) is 0.845. The number of imidazole rings is 1. The molecule has 0 saturated carbocycles. The van der Waals surface area contributed by atoms with Crippen molar-refractivity contribution in [3.8, 4) is 5.75 Å². The molecule has 0 spiro atoms. The Bertz CT molecular complexity index is 958. The quantitative estimate of drug-likeness (QED) is 0.563. The van der Waals surface area contributed by atoms with Gasteiger partial charge in [0.05, 0.1) is 13.7 Å². The lowest BCUT2D eigenvalue weighted by molar-refractivity contribution is -0.122. The van der Waals surface area contributed by atoms with Crippen LogP contribution in [0.3, 0.4) is 0 Å². The van der Waals surface area contributed by atoms with Gasteiger partial charge in [-0.2, -0.15) is 0 Å². The van der Waals surface area contributed by atoms with Gasteiger partial charge in [0.25, 0.3) is 0 Å². The summed E-state index contributed by atoms with van der Waals surface area (Å²) in [5.41, 5.74) is 2.01. The van der Waals surface area contributed by atoms with Crippen LogP contribution in [0.4, 0.5) is 0 Å². The Hall–Kier alpha value is -2.64. The monoisotopic (exact) mass is 456 g/mol. The highest BCUT2D eigenvalue weighted by atomic mass is 79.9. The number of halogens is 1. The van der Waals surface area contributed by atoms with Gasteiger partial charge in [-0.25, -0.2) is 4.98 Å². The lowest BCUT2D eigenvalue weighted by Crippen LogP contribution is -2.38. The molecule has 0 radical (unpaired) electrons. The lowest BCUT2D eigenvalue weighted by Gasteiger charge is -2.22. The molecule has 3 aromatic rings. The van der Waals surface area contributed by atoms with Gasteiger partial charge in [-0.3, -0.25) is 9.69 Å². The van der Waals surface area contributed by atoms with Crippen molar-refractivity contribution in [1.29, 1.82) is 0 Å². The Morgan fingerprint density at radius 2 is 2.03 bits per heavy atom. The highest BCUT2D eigenvalue weighted by Crippen LogP contribution is 2.24. The van der Waals surface area contributed by atoms with Gasteiger partial charge < -0.3 is 14.6 Å². The molecule has 1 amide bonds. The number of nitrogens with one attached hydrogen (secondary N) is 1. The van der Waals surface area contributed by atoms with E-state index in [1.807, 2.05) is 78.3 Å². The number of hydrogen-bond donors (Lipinski definition) is 1. The van der Waals surface area contributed by atoms with Crippen LogP contribution in [0, 0.1) is 0 Å². The van der Waals surface area contributed by atoms with Crippen LogP contribution in [0.25, 0.3) is 0 Å². The molecule has 7 heteroatoms. The zero-order valence-corrected chi connectivity index (χ0v) is 18.4. The Balaban J connectivity index is 1.71. The summed E-state index contributed by atoms with van der Waals surface area (Å²) in [6.07, 6.45) is 3.62. The normalized spacial score (nSPS) is 12.0. The molecule has 1 heterocycles. The molecule has 3 rings (SSSR count). The van der Waals surface area contributed by atoms with Crippen molar-refractivity contribution >= 4 is 21.8 Å². The molecule has 0 unspecified atom stereocenters. The van der Waals surface area contributed by atoms with Gasteiger partial charge in [-0.05, 0) is 30.8 Å². The number of ether oxygens (including phenoxy) is 1. The Morgan fingerprint density at radius 3 is 2.69 bits per heavy atom. The van der Waals surface area contributed by atoms with E-state index in [1.54, 1.807) is 13.3 Å². The summed E-state index contributed by atoms with van der Waals surface area (Å²) in [5.74, 6) is 1.52. The minimum absolute atomic E-state index is 0.0710. The molecule has 1 atom stereocenters. The average Bonchev–Trinajstić information content (AvgIpc) is 3.12. The zero-order valence-electron chi connectivity index (χ0n) is 16.8.